The van der Waals surface area contributed by atoms with E-state index in [1.54, 1.807) is 7.11 Å². The highest BCUT2D eigenvalue weighted by Gasteiger charge is 2.59. The molecule has 0 N–H and O–H groups in total. The molecule has 148 valence electrons. The van der Waals surface area contributed by atoms with E-state index in [0.29, 0.717) is 12.5 Å². The Kier molecular flexibility index (Phi) is 7.73. The summed E-state index contributed by atoms with van der Waals surface area (Å²) in [5, 5.41) is 0. The number of benzene rings is 1. The summed E-state index contributed by atoms with van der Waals surface area (Å²) >= 11 is 0. The van der Waals surface area contributed by atoms with Crippen molar-refractivity contribution in [2.45, 2.75) is 67.2 Å². The van der Waals surface area contributed by atoms with Gasteiger partial charge >= 0.3 is 5.97 Å². The van der Waals surface area contributed by atoms with Crippen LogP contribution in [0.15, 0.2) is 24.3 Å². The van der Waals surface area contributed by atoms with Crippen molar-refractivity contribution in [3.8, 4) is 5.75 Å². The Bertz CT molecular complexity index is 591. The number of methoxy groups -OCH3 is 1. The van der Waals surface area contributed by atoms with Crippen LogP contribution in [-0.2, 0) is 14.9 Å². The molecule has 3 nitrogen and oxygen atoms in total. The smallest absolute Gasteiger partial charge is 0.313 e. The average molecular weight is 363 g/mol. The zero-order chi connectivity index (χ0) is 20.1. The molecule has 1 aromatic carbocycles. The molecule has 0 aromatic heterocycles. The summed E-state index contributed by atoms with van der Waals surface area (Å²) in [7, 11) is 1.70. The van der Waals surface area contributed by atoms with E-state index in [1.807, 2.05) is 25.1 Å². The van der Waals surface area contributed by atoms with Crippen LogP contribution in [0.4, 0.5) is 0 Å². The first-order valence-corrected chi connectivity index (χ1v) is 9.90. The summed E-state index contributed by atoms with van der Waals surface area (Å²) in [5.41, 5.74) is 0.0180. The summed E-state index contributed by atoms with van der Waals surface area (Å²) in [4.78, 5) is 13.5. The number of para-hydroxylation sites is 1. The molecule has 0 aliphatic rings. The Balaban J connectivity index is 3.86. The second kappa shape index (κ2) is 8.92. The van der Waals surface area contributed by atoms with Crippen LogP contribution in [0.5, 0.6) is 5.75 Å². The van der Waals surface area contributed by atoms with Crippen molar-refractivity contribution in [1.29, 1.82) is 0 Å². The van der Waals surface area contributed by atoms with Gasteiger partial charge < -0.3 is 9.47 Å². The van der Waals surface area contributed by atoms with Crippen molar-refractivity contribution in [1.82, 2.24) is 0 Å². The predicted molar refractivity (Wildman–Crippen MR) is 109 cm³/mol. The summed E-state index contributed by atoms with van der Waals surface area (Å²) in [6, 6.07) is 8.11. The highest BCUT2D eigenvalue weighted by Crippen LogP contribution is 2.57. The van der Waals surface area contributed by atoms with Crippen molar-refractivity contribution < 1.29 is 14.3 Å². The largest absolute Gasteiger partial charge is 0.496 e. The van der Waals surface area contributed by atoms with E-state index >= 15 is 0 Å². The summed E-state index contributed by atoms with van der Waals surface area (Å²) in [6.07, 6.45) is 0.774. The normalized spacial score (nSPS) is 16.5. The number of hydrogen-bond acceptors (Lipinski definition) is 3. The third kappa shape index (κ3) is 3.77. The van der Waals surface area contributed by atoms with Crippen LogP contribution in [0, 0.1) is 23.2 Å². The van der Waals surface area contributed by atoms with Gasteiger partial charge in [-0.3, -0.25) is 4.79 Å². The molecule has 0 aliphatic carbocycles. The van der Waals surface area contributed by atoms with Gasteiger partial charge in [0.1, 0.15) is 5.75 Å². The predicted octanol–water partition coefficient (Wildman–Crippen LogP) is 5.86. The van der Waals surface area contributed by atoms with Gasteiger partial charge in [0.15, 0.2) is 0 Å². The maximum Gasteiger partial charge on any atom is 0.313 e. The molecule has 0 saturated carbocycles. The van der Waals surface area contributed by atoms with E-state index in [9.17, 15) is 4.79 Å². The van der Waals surface area contributed by atoms with E-state index in [2.05, 4.69) is 54.5 Å². The molecule has 0 radical (unpaired) electrons. The second-order valence-electron chi connectivity index (χ2n) is 8.50. The van der Waals surface area contributed by atoms with E-state index in [0.717, 1.165) is 17.7 Å². The number of carbonyl (C=O) groups is 1. The van der Waals surface area contributed by atoms with Crippen molar-refractivity contribution in [3.05, 3.63) is 29.8 Å². The van der Waals surface area contributed by atoms with E-state index in [1.165, 1.54) is 0 Å². The van der Waals surface area contributed by atoms with Gasteiger partial charge in [0.25, 0.3) is 0 Å². The van der Waals surface area contributed by atoms with E-state index in [4.69, 9.17) is 9.47 Å². The maximum absolute atomic E-state index is 13.5. The number of hydrogen-bond donors (Lipinski definition) is 0. The lowest BCUT2D eigenvalue weighted by Crippen LogP contribution is -2.56. The SMILES string of the molecule is CCOC(=O)C(CC(C)C)(C(C)C)C(C)(c1ccccc1OC)C(C)C. The number of ether oxygens (including phenoxy) is 2. The van der Waals surface area contributed by atoms with E-state index < -0.39 is 10.8 Å². The van der Waals surface area contributed by atoms with Crippen molar-refractivity contribution >= 4 is 5.97 Å². The van der Waals surface area contributed by atoms with Gasteiger partial charge in [0.2, 0.25) is 0 Å². The van der Waals surface area contributed by atoms with E-state index in [-0.39, 0.29) is 17.8 Å². The maximum atomic E-state index is 13.5. The molecule has 0 fully saturated rings. The lowest BCUT2D eigenvalue weighted by Gasteiger charge is -2.53. The topological polar surface area (TPSA) is 35.5 Å². The monoisotopic (exact) mass is 362 g/mol. The third-order valence-corrected chi connectivity index (χ3v) is 6.10. The molecule has 1 aromatic rings. The molecule has 0 spiro atoms. The first-order valence-electron chi connectivity index (χ1n) is 9.90. The minimum Gasteiger partial charge on any atom is -0.496 e. The standard InChI is InChI=1S/C23H38O3/c1-10-26-21(24)23(18(6)7,15-16(2)3)22(8,17(4)5)19-13-11-12-14-20(19)25-9/h11-14,16-18H,10,15H2,1-9H3. The Hall–Kier alpha value is -1.51. The molecule has 0 bridgehead atoms. The molecular formula is C23H38O3. The zero-order valence-corrected chi connectivity index (χ0v) is 18.2. The van der Waals surface area contributed by atoms with Crippen LogP contribution in [0.1, 0.15) is 67.4 Å². The fourth-order valence-electron chi connectivity index (χ4n) is 4.62. The van der Waals surface area contributed by atoms with Crippen molar-refractivity contribution in [3.63, 3.8) is 0 Å². The Morgan fingerprint density at radius 1 is 1.04 bits per heavy atom. The molecule has 3 heteroatoms. The van der Waals surface area contributed by atoms with Crippen LogP contribution in [0.3, 0.4) is 0 Å². The highest BCUT2D eigenvalue weighted by atomic mass is 16.5. The average Bonchev–Trinajstić information content (AvgIpc) is 2.58. The molecular weight excluding hydrogens is 324 g/mol. The van der Waals surface area contributed by atoms with Crippen LogP contribution < -0.4 is 4.74 Å². The quantitative estimate of drug-likeness (QED) is 0.516. The van der Waals surface area contributed by atoms with Gasteiger partial charge in [0, 0.05) is 11.0 Å². The van der Waals surface area contributed by atoms with Crippen LogP contribution in [0.25, 0.3) is 0 Å². The Labute approximate surface area is 160 Å². The first-order chi connectivity index (χ1) is 12.1. The molecule has 0 saturated heterocycles. The molecule has 0 amide bonds. The number of esters is 1. The van der Waals surface area contributed by atoms with Gasteiger partial charge in [-0.15, -0.1) is 0 Å². The Morgan fingerprint density at radius 2 is 1.62 bits per heavy atom. The van der Waals surface area contributed by atoms with Gasteiger partial charge in [-0.25, -0.2) is 0 Å². The molecule has 26 heavy (non-hydrogen) atoms. The second-order valence-corrected chi connectivity index (χ2v) is 8.50. The van der Waals surface area contributed by atoms with Crippen LogP contribution in [-0.4, -0.2) is 19.7 Å². The summed E-state index contributed by atoms with van der Waals surface area (Å²) < 4.78 is 11.4. The van der Waals surface area contributed by atoms with Gasteiger partial charge in [-0.2, -0.15) is 0 Å². The fraction of sp³-hybridized carbons (Fsp3) is 0.696. The van der Waals surface area contributed by atoms with Crippen molar-refractivity contribution in [2.24, 2.45) is 23.2 Å². The number of rotatable bonds is 9. The first kappa shape index (κ1) is 22.5. The van der Waals surface area contributed by atoms with Crippen molar-refractivity contribution in [2.75, 3.05) is 13.7 Å². The lowest BCUT2D eigenvalue weighted by molar-refractivity contribution is -0.169. The minimum absolute atomic E-state index is 0.0918. The van der Waals surface area contributed by atoms with Crippen LogP contribution >= 0.6 is 0 Å². The summed E-state index contributed by atoms with van der Waals surface area (Å²) in [5.74, 6) is 1.47. The lowest BCUT2D eigenvalue weighted by atomic mass is 9.49. The van der Waals surface area contributed by atoms with Gasteiger partial charge in [-0.1, -0.05) is 66.7 Å². The van der Waals surface area contributed by atoms with Gasteiger partial charge in [-0.05, 0) is 37.2 Å². The van der Waals surface area contributed by atoms with Crippen LogP contribution in [0.2, 0.25) is 0 Å². The van der Waals surface area contributed by atoms with Gasteiger partial charge in [0.05, 0.1) is 19.1 Å². The highest BCUT2D eigenvalue weighted by molar-refractivity contribution is 5.80. The third-order valence-electron chi connectivity index (χ3n) is 6.10. The molecule has 0 heterocycles. The fourth-order valence-corrected chi connectivity index (χ4v) is 4.62. The number of carbonyl (C=O) groups excluding carboxylic acids is 1. The zero-order valence-electron chi connectivity index (χ0n) is 18.2. The molecule has 1 rings (SSSR count). The minimum atomic E-state index is -0.639. The molecule has 0 aliphatic heterocycles. The molecule has 2 atom stereocenters. The molecule has 2 unspecified atom stereocenters. The summed E-state index contributed by atoms with van der Waals surface area (Å²) in [6.45, 7) is 17.5. The Morgan fingerprint density at radius 3 is 2.04 bits per heavy atom.